The Labute approximate surface area is 174 Å². The maximum absolute atomic E-state index is 12.7. The number of thiazole rings is 1. The van der Waals surface area contributed by atoms with Crippen molar-refractivity contribution in [3.63, 3.8) is 0 Å². The third kappa shape index (κ3) is 6.28. The lowest BCUT2D eigenvalue weighted by atomic mass is 9.87. The van der Waals surface area contributed by atoms with Crippen molar-refractivity contribution < 1.29 is 4.79 Å². The zero-order valence-electron chi connectivity index (χ0n) is 18.0. The highest BCUT2D eigenvalue weighted by molar-refractivity contribution is 7.18. The zero-order chi connectivity index (χ0) is 20.6. The van der Waals surface area contributed by atoms with Crippen molar-refractivity contribution in [2.75, 3.05) is 6.54 Å². The first kappa shape index (κ1) is 22.8. The van der Waals surface area contributed by atoms with Crippen molar-refractivity contribution in [1.29, 1.82) is 0 Å². The number of aryl methyl sites for hydroxylation is 1. The average Bonchev–Trinajstić information content (AvgIpc) is 3.07. The number of nitrogens with two attached hydrogens (primary N) is 1. The molecule has 1 aromatic carbocycles. The van der Waals surface area contributed by atoms with Crippen molar-refractivity contribution in [2.24, 2.45) is 5.73 Å². The van der Waals surface area contributed by atoms with E-state index in [0.29, 0.717) is 12.5 Å². The smallest absolute Gasteiger partial charge is 0.240 e. The van der Waals surface area contributed by atoms with Gasteiger partial charge in [0.2, 0.25) is 5.91 Å². The first-order chi connectivity index (χ1) is 13.4. The molecule has 28 heavy (non-hydrogen) atoms. The number of rotatable bonds is 12. The van der Waals surface area contributed by atoms with E-state index in [-0.39, 0.29) is 5.91 Å². The van der Waals surface area contributed by atoms with Crippen LogP contribution in [0.15, 0.2) is 18.2 Å². The second kappa shape index (κ2) is 10.9. The maximum Gasteiger partial charge on any atom is 0.240 e. The molecule has 0 radical (unpaired) electrons. The Balaban J connectivity index is 1.85. The van der Waals surface area contributed by atoms with Crippen LogP contribution in [0.5, 0.6) is 0 Å². The van der Waals surface area contributed by atoms with Gasteiger partial charge in [-0.2, -0.15) is 0 Å². The monoisotopic (exact) mass is 403 g/mol. The Morgan fingerprint density at radius 1 is 1.18 bits per heavy atom. The summed E-state index contributed by atoms with van der Waals surface area (Å²) in [5, 5.41) is 4.22. The van der Waals surface area contributed by atoms with Gasteiger partial charge in [0, 0.05) is 13.0 Å². The second-order valence-corrected chi connectivity index (χ2v) is 9.33. The predicted octanol–water partition coefficient (Wildman–Crippen LogP) is 5.55. The molecule has 0 aliphatic heterocycles. The molecule has 156 valence electrons. The van der Waals surface area contributed by atoms with Gasteiger partial charge < -0.3 is 11.1 Å². The number of amides is 1. The predicted molar refractivity (Wildman–Crippen MR) is 121 cm³/mol. The number of nitrogens with zero attached hydrogens (tertiary/aromatic N) is 1. The molecular weight excluding hydrogens is 366 g/mol. The van der Waals surface area contributed by atoms with Crippen molar-refractivity contribution in [2.45, 2.75) is 90.5 Å². The maximum atomic E-state index is 12.7. The Bertz CT molecular complexity index is 755. The van der Waals surface area contributed by atoms with Crippen LogP contribution in [0.3, 0.4) is 0 Å². The molecule has 0 fully saturated rings. The van der Waals surface area contributed by atoms with Gasteiger partial charge >= 0.3 is 0 Å². The molecule has 0 spiro atoms. The molecule has 1 unspecified atom stereocenters. The molecule has 5 heteroatoms. The summed E-state index contributed by atoms with van der Waals surface area (Å²) in [6.07, 6.45) is 7.52. The molecule has 1 atom stereocenters. The molecule has 0 aliphatic rings. The molecule has 0 saturated carbocycles. The lowest BCUT2D eigenvalue weighted by Crippen LogP contribution is -2.54. The normalized spacial score (nSPS) is 13.8. The van der Waals surface area contributed by atoms with Crippen LogP contribution in [0.4, 0.5) is 0 Å². The van der Waals surface area contributed by atoms with Crippen LogP contribution in [0.1, 0.15) is 89.1 Å². The number of fused-ring (bicyclic) bond motifs is 1. The van der Waals surface area contributed by atoms with Crippen molar-refractivity contribution in [3.8, 4) is 0 Å². The van der Waals surface area contributed by atoms with E-state index in [1.165, 1.54) is 10.3 Å². The van der Waals surface area contributed by atoms with Crippen LogP contribution >= 0.6 is 11.3 Å². The number of carbonyl (C=O) groups is 1. The Hall–Kier alpha value is -1.46. The van der Waals surface area contributed by atoms with Crippen LogP contribution in [0.25, 0.3) is 10.2 Å². The standard InChI is InChI=1S/C23H37N3OS/c1-5-7-8-14-23(24,13-6-2)22(27)25-15-9-10-21-26-19-12-11-18(17(3)4)16-20(19)28-21/h11-12,16-17H,5-10,13-15,24H2,1-4H3,(H,25,27). The van der Waals surface area contributed by atoms with Gasteiger partial charge in [0.05, 0.1) is 20.8 Å². The first-order valence-electron chi connectivity index (χ1n) is 10.9. The van der Waals surface area contributed by atoms with Gasteiger partial charge in [-0.1, -0.05) is 59.4 Å². The third-order valence-electron chi connectivity index (χ3n) is 5.35. The molecule has 2 aromatic rings. The van der Waals surface area contributed by atoms with Crippen LogP contribution in [-0.4, -0.2) is 23.0 Å². The second-order valence-electron chi connectivity index (χ2n) is 8.21. The summed E-state index contributed by atoms with van der Waals surface area (Å²) in [6, 6.07) is 6.55. The first-order valence-corrected chi connectivity index (χ1v) is 11.7. The summed E-state index contributed by atoms with van der Waals surface area (Å²) in [7, 11) is 0. The minimum atomic E-state index is -0.715. The number of aromatic nitrogens is 1. The van der Waals surface area contributed by atoms with Gasteiger partial charge in [0.1, 0.15) is 0 Å². The van der Waals surface area contributed by atoms with Crippen LogP contribution in [-0.2, 0) is 11.2 Å². The summed E-state index contributed by atoms with van der Waals surface area (Å²) >= 11 is 1.77. The van der Waals surface area contributed by atoms with Crippen LogP contribution in [0, 0.1) is 0 Å². The number of nitrogens with one attached hydrogen (secondary N) is 1. The molecule has 2 rings (SSSR count). The number of carbonyl (C=O) groups excluding carboxylic acids is 1. The van der Waals surface area contributed by atoms with E-state index >= 15 is 0 Å². The number of hydrogen-bond donors (Lipinski definition) is 2. The van der Waals surface area contributed by atoms with E-state index in [0.717, 1.165) is 61.9 Å². The summed E-state index contributed by atoms with van der Waals surface area (Å²) in [5.41, 5.74) is 8.17. The third-order valence-corrected chi connectivity index (χ3v) is 6.43. The van der Waals surface area contributed by atoms with Gasteiger partial charge in [0.15, 0.2) is 0 Å². The largest absolute Gasteiger partial charge is 0.354 e. The van der Waals surface area contributed by atoms with Gasteiger partial charge in [-0.05, 0) is 42.9 Å². The summed E-state index contributed by atoms with van der Waals surface area (Å²) in [5.74, 6) is 0.540. The Morgan fingerprint density at radius 3 is 2.64 bits per heavy atom. The quantitative estimate of drug-likeness (QED) is 0.457. The fourth-order valence-electron chi connectivity index (χ4n) is 3.56. The summed E-state index contributed by atoms with van der Waals surface area (Å²) < 4.78 is 1.25. The van der Waals surface area contributed by atoms with Crippen molar-refractivity contribution in [1.82, 2.24) is 10.3 Å². The highest BCUT2D eigenvalue weighted by Gasteiger charge is 2.31. The van der Waals surface area contributed by atoms with Gasteiger partial charge in [0.25, 0.3) is 0 Å². The SMILES string of the molecule is CCCCCC(N)(CCC)C(=O)NCCCc1nc2ccc(C(C)C)cc2s1. The highest BCUT2D eigenvalue weighted by Crippen LogP contribution is 2.27. The van der Waals surface area contributed by atoms with Crippen LogP contribution < -0.4 is 11.1 Å². The van der Waals surface area contributed by atoms with Gasteiger partial charge in [-0.15, -0.1) is 11.3 Å². The summed E-state index contributed by atoms with van der Waals surface area (Å²) in [6.45, 7) is 9.34. The van der Waals surface area contributed by atoms with Crippen molar-refractivity contribution >= 4 is 27.5 Å². The number of benzene rings is 1. The highest BCUT2D eigenvalue weighted by atomic mass is 32.1. The van der Waals surface area contributed by atoms with Crippen molar-refractivity contribution in [3.05, 3.63) is 28.8 Å². The molecule has 0 bridgehead atoms. The van der Waals surface area contributed by atoms with Crippen LogP contribution in [0.2, 0.25) is 0 Å². The topological polar surface area (TPSA) is 68.0 Å². The molecular formula is C23H37N3OS. The lowest BCUT2D eigenvalue weighted by Gasteiger charge is -2.28. The molecule has 0 saturated heterocycles. The Kier molecular flexibility index (Phi) is 8.90. The minimum absolute atomic E-state index is 0.0105. The van der Waals surface area contributed by atoms with E-state index < -0.39 is 5.54 Å². The van der Waals surface area contributed by atoms with E-state index in [1.54, 1.807) is 11.3 Å². The molecule has 3 N–H and O–H groups in total. The summed E-state index contributed by atoms with van der Waals surface area (Å²) in [4.78, 5) is 17.4. The lowest BCUT2D eigenvalue weighted by molar-refractivity contribution is -0.127. The fourth-order valence-corrected chi connectivity index (χ4v) is 4.62. The van der Waals surface area contributed by atoms with E-state index in [1.807, 2.05) is 0 Å². The molecule has 1 amide bonds. The molecule has 0 aliphatic carbocycles. The molecule has 1 heterocycles. The van der Waals surface area contributed by atoms with Gasteiger partial charge in [-0.3, -0.25) is 4.79 Å². The average molecular weight is 404 g/mol. The fraction of sp³-hybridized carbons (Fsp3) is 0.652. The van der Waals surface area contributed by atoms with E-state index in [2.05, 4.69) is 51.2 Å². The van der Waals surface area contributed by atoms with Gasteiger partial charge in [-0.25, -0.2) is 4.98 Å². The van der Waals surface area contributed by atoms with E-state index in [9.17, 15) is 4.79 Å². The van der Waals surface area contributed by atoms with E-state index in [4.69, 9.17) is 10.7 Å². The molecule has 1 aromatic heterocycles. The number of hydrogen-bond acceptors (Lipinski definition) is 4. The number of unbranched alkanes of at least 4 members (excludes halogenated alkanes) is 2. The molecule has 4 nitrogen and oxygen atoms in total. The minimum Gasteiger partial charge on any atom is -0.354 e. The Morgan fingerprint density at radius 2 is 1.96 bits per heavy atom. The zero-order valence-corrected chi connectivity index (χ0v) is 18.8.